The second kappa shape index (κ2) is 8.49. The molecule has 1 heterocycles. The van der Waals surface area contributed by atoms with E-state index in [1.54, 1.807) is 17.4 Å². The summed E-state index contributed by atoms with van der Waals surface area (Å²) < 4.78 is 0. The van der Waals surface area contributed by atoms with E-state index < -0.39 is 0 Å². The molecule has 2 rings (SSSR count). The van der Waals surface area contributed by atoms with Crippen LogP contribution in [0, 0.1) is 6.92 Å². The average molecular weight is 373 g/mol. The highest BCUT2D eigenvalue weighted by Crippen LogP contribution is 2.33. The Labute approximate surface area is 160 Å². The van der Waals surface area contributed by atoms with Gasteiger partial charge in [0.1, 0.15) is 5.75 Å². The third-order valence-corrected chi connectivity index (χ3v) is 5.40. The summed E-state index contributed by atoms with van der Waals surface area (Å²) in [6.07, 6.45) is 0.718. The fraction of sp³-hybridized carbons (Fsp3) is 0.429. The van der Waals surface area contributed by atoms with E-state index in [4.69, 9.17) is 0 Å². The SMILES string of the molecule is CCC(=NNC(=O)c1cc(C(C)C)cc(C(C)C)c1O)c1ccc(C)s1. The number of nitrogens with one attached hydrogen (secondary N) is 1. The van der Waals surface area contributed by atoms with Gasteiger partial charge in [0, 0.05) is 4.88 Å². The number of amides is 1. The Hall–Kier alpha value is -2.14. The Morgan fingerprint density at radius 3 is 2.38 bits per heavy atom. The molecule has 5 heteroatoms. The normalized spacial score (nSPS) is 12.1. The lowest BCUT2D eigenvalue weighted by Gasteiger charge is -2.16. The Morgan fingerprint density at radius 2 is 1.88 bits per heavy atom. The van der Waals surface area contributed by atoms with Gasteiger partial charge in [-0.05, 0) is 54.5 Å². The van der Waals surface area contributed by atoms with E-state index in [0.29, 0.717) is 0 Å². The highest BCUT2D eigenvalue weighted by molar-refractivity contribution is 7.14. The number of carbonyl (C=O) groups is 1. The van der Waals surface area contributed by atoms with Gasteiger partial charge in [-0.2, -0.15) is 5.10 Å². The fourth-order valence-corrected chi connectivity index (χ4v) is 3.63. The molecule has 0 radical (unpaired) electrons. The van der Waals surface area contributed by atoms with Crippen LogP contribution in [-0.4, -0.2) is 16.7 Å². The first-order valence-corrected chi connectivity index (χ1v) is 9.86. The quantitative estimate of drug-likeness (QED) is 0.515. The van der Waals surface area contributed by atoms with E-state index in [1.165, 1.54) is 4.88 Å². The molecule has 0 aliphatic rings. The van der Waals surface area contributed by atoms with Crippen molar-refractivity contribution in [1.29, 1.82) is 0 Å². The lowest BCUT2D eigenvalue weighted by atomic mass is 9.92. The minimum atomic E-state index is -0.383. The number of rotatable bonds is 6. The van der Waals surface area contributed by atoms with Crippen molar-refractivity contribution in [3.8, 4) is 5.75 Å². The third kappa shape index (κ3) is 4.52. The number of hydrogen-bond donors (Lipinski definition) is 2. The van der Waals surface area contributed by atoms with E-state index in [-0.39, 0.29) is 29.1 Å². The largest absolute Gasteiger partial charge is 0.507 e. The summed E-state index contributed by atoms with van der Waals surface area (Å²) in [6, 6.07) is 7.80. The third-order valence-electron chi connectivity index (χ3n) is 4.35. The minimum absolute atomic E-state index is 0.0436. The molecule has 0 saturated carbocycles. The van der Waals surface area contributed by atoms with E-state index in [2.05, 4.69) is 24.4 Å². The van der Waals surface area contributed by atoms with Crippen molar-refractivity contribution in [3.05, 3.63) is 50.7 Å². The predicted octanol–water partition coefficient (Wildman–Crippen LogP) is 5.55. The molecule has 0 aliphatic heterocycles. The molecule has 140 valence electrons. The number of benzene rings is 1. The molecule has 1 aromatic carbocycles. The van der Waals surface area contributed by atoms with Crippen LogP contribution in [0.25, 0.3) is 0 Å². The molecule has 4 nitrogen and oxygen atoms in total. The van der Waals surface area contributed by atoms with Gasteiger partial charge in [-0.25, -0.2) is 5.43 Å². The maximum absolute atomic E-state index is 12.7. The number of aryl methyl sites for hydroxylation is 1. The Kier molecular flexibility index (Phi) is 6.59. The molecule has 1 aromatic heterocycles. The Morgan fingerprint density at radius 1 is 1.19 bits per heavy atom. The zero-order valence-electron chi connectivity index (χ0n) is 16.4. The molecule has 0 spiro atoms. The number of thiophene rings is 1. The number of phenols is 1. The van der Waals surface area contributed by atoms with Gasteiger partial charge in [0.25, 0.3) is 5.91 Å². The highest BCUT2D eigenvalue weighted by atomic mass is 32.1. The summed E-state index contributed by atoms with van der Waals surface area (Å²) >= 11 is 1.65. The van der Waals surface area contributed by atoms with Crippen LogP contribution in [0.15, 0.2) is 29.4 Å². The summed E-state index contributed by atoms with van der Waals surface area (Å²) in [5.74, 6) is 0.0562. The van der Waals surface area contributed by atoms with Crippen molar-refractivity contribution in [2.24, 2.45) is 5.10 Å². The molecular formula is C21H28N2O2S. The fourth-order valence-electron chi connectivity index (χ4n) is 2.70. The van der Waals surface area contributed by atoms with Crippen LogP contribution in [0.4, 0.5) is 0 Å². The molecular weight excluding hydrogens is 344 g/mol. The van der Waals surface area contributed by atoms with E-state index in [1.807, 2.05) is 45.9 Å². The summed E-state index contributed by atoms with van der Waals surface area (Å²) in [5.41, 5.74) is 5.56. The summed E-state index contributed by atoms with van der Waals surface area (Å²) in [7, 11) is 0. The van der Waals surface area contributed by atoms with Crippen molar-refractivity contribution >= 4 is 23.0 Å². The summed E-state index contributed by atoms with van der Waals surface area (Å²) in [5, 5.41) is 14.9. The second-order valence-electron chi connectivity index (χ2n) is 7.08. The van der Waals surface area contributed by atoms with Crippen LogP contribution in [-0.2, 0) is 0 Å². The van der Waals surface area contributed by atoms with Gasteiger partial charge in [0.2, 0.25) is 0 Å². The summed E-state index contributed by atoms with van der Waals surface area (Å²) in [6.45, 7) is 12.2. The summed E-state index contributed by atoms with van der Waals surface area (Å²) in [4.78, 5) is 15.0. The van der Waals surface area contributed by atoms with Crippen LogP contribution in [0.2, 0.25) is 0 Å². The lowest BCUT2D eigenvalue weighted by molar-refractivity contribution is 0.0952. The van der Waals surface area contributed by atoms with Gasteiger partial charge in [-0.3, -0.25) is 4.79 Å². The van der Waals surface area contributed by atoms with Crippen LogP contribution >= 0.6 is 11.3 Å². The van der Waals surface area contributed by atoms with E-state index in [9.17, 15) is 9.90 Å². The Balaban J connectivity index is 2.35. The average Bonchev–Trinajstić information content (AvgIpc) is 3.01. The number of hydrazone groups is 1. The first-order valence-electron chi connectivity index (χ1n) is 9.05. The lowest BCUT2D eigenvalue weighted by Crippen LogP contribution is -2.20. The van der Waals surface area contributed by atoms with Crippen molar-refractivity contribution in [2.75, 3.05) is 0 Å². The number of nitrogens with zero attached hydrogens (tertiary/aromatic N) is 1. The molecule has 0 bridgehead atoms. The second-order valence-corrected chi connectivity index (χ2v) is 8.37. The molecule has 2 N–H and O–H groups in total. The van der Waals surface area contributed by atoms with Gasteiger partial charge in [0.15, 0.2) is 0 Å². The predicted molar refractivity (Wildman–Crippen MR) is 110 cm³/mol. The van der Waals surface area contributed by atoms with E-state index in [0.717, 1.165) is 28.1 Å². The Bertz CT molecular complexity index is 819. The molecule has 0 fully saturated rings. The molecule has 0 unspecified atom stereocenters. The highest BCUT2D eigenvalue weighted by Gasteiger charge is 2.19. The monoisotopic (exact) mass is 372 g/mol. The van der Waals surface area contributed by atoms with Gasteiger partial charge >= 0.3 is 0 Å². The maximum Gasteiger partial charge on any atom is 0.275 e. The van der Waals surface area contributed by atoms with Crippen molar-refractivity contribution in [2.45, 2.75) is 59.8 Å². The van der Waals surface area contributed by atoms with Crippen molar-refractivity contribution in [3.63, 3.8) is 0 Å². The van der Waals surface area contributed by atoms with Crippen molar-refractivity contribution in [1.82, 2.24) is 5.43 Å². The molecule has 2 aromatic rings. The zero-order chi connectivity index (χ0) is 19.4. The first-order chi connectivity index (χ1) is 12.2. The number of carbonyl (C=O) groups excluding carboxylic acids is 1. The number of phenolic OH excluding ortho intramolecular Hbond substituents is 1. The maximum atomic E-state index is 12.7. The van der Waals surface area contributed by atoms with Crippen molar-refractivity contribution < 1.29 is 9.90 Å². The smallest absolute Gasteiger partial charge is 0.275 e. The number of hydrogen-bond acceptors (Lipinski definition) is 4. The van der Waals surface area contributed by atoms with Gasteiger partial charge in [-0.15, -0.1) is 11.3 Å². The standard InChI is InChI=1S/C21H28N2O2S/c1-7-18(19-9-8-14(6)26-19)22-23-21(25)17-11-15(12(2)3)10-16(13(4)5)20(17)24/h8-13,24H,7H2,1-6H3,(H,23,25). The molecule has 1 amide bonds. The van der Waals surface area contributed by atoms with Gasteiger partial charge < -0.3 is 5.11 Å². The first kappa shape index (κ1) is 20.2. The molecule has 0 saturated heterocycles. The van der Waals surface area contributed by atoms with Crippen LogP contribution < -0.4 is 5.43 Å². The van der Waals surface area contributed by atoms with E-state index >= 15 is 0 Å². The molecule has 26 heavy (non-hydrogen) atoms. The van der Waals surface area contributed by atoms with Crippen LogP contribution in [0.3, 0.4) is 0 Å². The topological polar surface area (TPSA) is 61.7 Å². The number of aromatic hydroxyl groups is 1. The minimum Gasteiger partial charge on any atom is -0.507 e. The molecule has 0 atom stereocenters. The molecule has 0 aliphatic carbocycles. The van der Waals surface area contributed by atoms with Crippen LogP contribution in [0.5, 0.6) is 5.75 Å². The zero-order valence-corrected chi connectivity index (χ0v) is 17.2. The van der Waals surface area contributed by atoms with Gasteiger partial charge in [0.05, 0.1) is 16.2 Å². The van der Waals surface area contributed by atoms with Crippen LogP contribution in [0.1, 0.15) is 84.1 Å². The van der Waals surface area contributed by atoms with Gasteiger partial charge in [-0.1, -0.05) is 40.7 Å².